The number of rotatable bonds is 7. The Balaban J connectivity index is 1.80. The maximum atomic E-state index is 13.7. The molecule has 0 saturated carbocycles. The van der Waals surface area contributed by atoms with E-state index in [1.165, 1.54) is 11.8 Å². The Labute approximate surface area is 209 Å². The van der Waals surface area contributed by atoms with Gasteiger partial charge in [0.25, 0.3) is 5.91 Å². The fourth-order valence-corrected chi connectivity index (χ4v) is 5.32. The molecule has 184 valence electrons. The Bertz CT molecular complexity index is 1180. The van der Waals surface area contributed by atoms with E-state index in [9.17, 15) is 9.59 Å². The predicted molar refractivity (Wildman–Crippen MR) is 134 cm³/mol. The van der Waals surface area contributed by atoms with Crippen LogP contribution in [0, 0.1) is 0 Å². The highest BCUT2D eigenvalue weighted by Crippen LogP contribution is 2.47. The molecule has 2 aliphatic rings. The molecule has 4 rings (SSSR count). The molecule has 3 heterocycles. The average Bonchev–Trinajstić information content (AvgIpc) is 3.13. The number of allylic oxidation sites excluding steroid dienone is 1. The van der Waals surface area contributed by atoms with Crippen LogP contribution in [0.2, 0.25) is 0 Å². The van der Waals surface area contributed by atoms with Crippen molar-refractivity contribution in [2.75, 3.05) is 13.7 Å². The van der Waals surface area contributed by atoms with Crippen LogP contribution >= 0.6 is 11.8 Å². The second kappa shape index (κ2) is 10.4. The van der Waals surface area contributed by atoms with Crippen molar-refractivity contribution in [1.29, 1.82) is 0 Å². The summed E-state index contributed by atoms with van der Waals surface area (Å²) in [4.78, 5) is 33.3. The van der Waals surface area contributed by atoms with E-state index in [2.05, 4.69) is 10.3 Å². The van der Waals surface area contributed by atoms with Crippen molar-refractivity contribution >= 4 is 29.7 Å². The number of pyridine rings is 1. The Hall–Kier alpha value is -3.46. The zero-order chi connectivity index (χ0) is 25.1. The van der Waals surface area contributed by atoms with E-state index in [0.29, 0.717) is 33.4 Å². The maximum absolute atomic E-state index is 13.7. The summed E-state index contributed by atoms with van der Waals surface area (Å²) in [7, 11) is 1.56. The van der Waals surface area contributed by atoms with Gasteiger partial charge in [0.2, 0.25) is 0 Å². The molecule has 2 atom stereocenters. The highest BCUT2D eigenvalue weighted by Gasteiger charge is 2.48. The summed E-state index contributed by atoms with van der Waals surface area (Å²) in [6.45, 7) is 7.68. The first-order chi connectivity index (χ1) is 16.8. The van der Waals surface area contributed by atoms with Gasteiger partial charge in [-0.1, -0.05) is 23.9 Å². The summed E-state index contributed by atoms with van der Waals surface area (Å²) in [5.41, 5.74) is 2.07. The van der Waals surface area contributed by atoms with Crippen molar-refractivity contribution in [2.45, 2.75) is 45.3 Å². The number of carbonyl (C=O) groups is 2. The van der Waals surface area contributed by atoms with Gasteiger partial charge in [0.15, 0.2) is 17.0 Å². The summed E-state index contributed by atoms with van der Waals surface area (Å²) in [6, 6.07) is 10.3. The largest absolute Gasteiger partial charge is 0.493 e. The Morgan fingerprint density at radius 1 is 1.26 bits per heavy atom. The van der Waals surface area contributed by atoms with Crippen LogP contribution in [-0.4, -0.2) is 47.1 Å². The standard InChI is InChI=1S/C26H29N3O5S/c1-6-33-25(31)22-16(4)28-26-29(24(30)21(35-26)14-18-9-7-8-12-27-18)23(22)17-10-11-19(34-15(2)3)20(13-17)32-5/h7-15,23,26,28H,6H2,1-5H3/b21-14-/t23-,26+/m0/s1. The first-order valence-corrected chi connectivity index (χ1v) is 12.3. The molecular weight excluding hydrogens is 466 g/mol. The summed E-state index contributed by atoms with van der Waals surface area (Å²) < 4.78 is 16.8. The van der Waals surface area contributed by atoms with Crippen LogP contribution in [0.4, 0.5) is 0 Å². The third-order valence-corrected chi connectivity index (χ3v) is 6.67. The summed E-state index contributed by atoms with van der Waals surface area (Å²) in [5.74, 6) is 0.449. The van der Waals surface area contributed by atoms with E-state index in [1.54, 1.807) is 31.2 Å². The minimum absolute atomic E-state index is 0.0360. The molecule has 2 aromatic rings. The van der Waals surface area contributed by atoms with E-state index in [0.717, 1.165) is 5.56 Å². The van der Waals surface area contributed by atoms with Crippen LogP contribution in [0.3, 0.4) is 0 Å². The lowest BCUT2D eigenvalue weighted by molar-refractivity contribution is -0.140. The fraction of sp³-hybridized carbons (Fsp3) is 0.346. The quantitative estimate of drug-likeness (QED) is 0.450. The molecule has 1 fully saturated rings. The second-order valence-electron chi connectivity index (χ2n) is 8.33. The summed E-state index contributed by atoms with van der Waals surface area (Å²) >= 11 is 1.39. The number of methoxy groups -OCH3 is 1. The maximum Gasteiger partial charge on any atom is 0.338 e. The van der Waals surface area contributed by atoms with Gasteiger partial charge < -0.3 is 19.5 Å². The van der Waals surface area contributed by atoms with Crippen molar-refractivity contribution in [1.82, 2.24) is 15.2 Å². The summed E-state index contributed by atoms with van der Waals surface area (Å²) in [6.07, 6.45) is 3.41. The smallest absolute Gasteiger partial charge is 0.338 e. The Kier molecular flexibility index (Phi) is 7.35. The molecule has 1 aromatic heterocycles. The average molecular weight is 496 g/mol. The molecule has 1 saturated heterocycles. The number of hydrogen-bond donors (Lipinski definition) is 1. The molecule has 1 amide bonds. The van der Waals surface area contributed by atoms with E-state index < -0.39 is 17.5 Å². The lowest BCUT2D eigenvalue weighted by Crippen LogP contribution is -2.50. The number of thioether (sulfide) groups is 1. The minimum Gasteiger partial charge on any atom is -0.493 e. The molecule has 0 bridgehead atoms. The van der Waals surface area contributed by atoms with Gasteiger partial charge >= 0.3 is 5.97 Å². The Morgan fingerprint density at radius 2 is 2.06 bits per heavy atom. The zero-order valence-electron chi connectivity index (χ0n) is 20.4. The number of esters is 1. The number of hydrogen-bond acceptors (Lipinski definition) is 8. The molecule has 9 heteroatoms. The SMILES string of the molecule is CCOC(=O)C1=C(C)N[C@H]2S/C(=C\c3ccccn3)C(=O)N2[C@H]1c1ccc(OC(C)C)c(OC)c1. The van der Waals surface area contributed by atoms with E-state index in [1.807, 2.05) is 57.2 Å². The molecular formula is C26H29N3O5S. The molecule has 8 nitrogen and oxygen atoms in total. The van der Waals surface area contributed by atoms with Gasteiger partial charge in [0.05, 0.1) is 42.0 Å². The van der Waals surface area contributed by atoms with Crippen molar-refractivity contribution in [3.05, 3.63) is 70.0 Å². The van der Waals surface area contributed by atoms with Crippen LogP contribution in [0.25, 0.3) is 6.08 Å². The zero-order valence-corrected chi connectivity index (χ0v) is 21.2. The molecule has 0 radical (unpaired) electrons. The molecule has 2 aliphatic heterocycles. The van der Waals surface area contributed by atoms with Gasteiger partial charge in [0.1, 0.15) is 0 Å². The van der Waals surface area contributed by atoms with Crippen molar-refractivity contribution in [2.24, 2.45) is 0 Å². The van der Waals surface area contributed by atoms with Gasteiger partial charge in [-0.3, -0.25) is 14.7 Å². The van der Waals surface area contributed by atoms with Crippen LogP contribution in [0.15, 0.2) is 58.8 Å². The van der Waals surface area contributed by atoms with Crippen LogP contribution in [0.1, 0.15) is 45.0 Å². The van der Waals surface area contributed by atoms with Gasteiger partial charge in [-0.25, -0.2) is 4.79 Å². The number of aromatic nitrogens is 1. The Morgan fingerprint density at radius 3 is 2.71 bits per heavy atom. The van der Waals surface area contributed by atoms with Crippen LogP contribution in [0.5, 0.6) is 11.5 Å². The highest BCUT2D eigenvalue weighted by atomic mass is 32.2. The van der Waals surface area contributed by atoms with Crippen LogP contribution < -0.4 is 14.8 Å². The lowest BCUT2D eigenvalue weighted by atomic mass is 9.93. The minimum atomic E-state index is -0.670. The number of nitrogens with one attached hydrogen (secondary N) is 1. The van der Waals surface area contributed by atoms with Gasteiger partial charge in [-0.2, -0.15) is 0 Å². The first-order valence-electron chi connectivity index (χ1n) is 11.4. The highest BCUT2D eigenvalue weighted by molar-refractivity contribution is 8.05. The number of benzene rings is 1. The number of fused-ring (bicyclic) bond motifs is 1. The lowest BCUT2D eigenvalue weighted by Gasteiger charge is -2.39. The number of amides is 1. The second-order valence-corrected chi connectivity index (χ2v) is 9.45. The normalized spacial score (nSPS) is 20.7. The molecule has 0 unspecified atom stereocenters. The van der Waals surface area contributed by atoms with Crippen molar-refractivity contribution in [3.8, 4) is 11.5 Å². The number of nitrogens with zero attached hydrogens (tertiary/aromatic N) is 2. The van der Waals surface area contributed by atoms with Gasteiger partial charge in [-0.15, -0.1) is 0 Å². The van der Waals surface area contributed by atoms with E-state index >= 15 is 0 Å². The van der Waals surface area contributed by atoms with Crippen molar-refractivity contribution < 1.29 is 23.8 Å². The van der Waals surface area contributed by atoms with Gasteiger partial charge in [-0.05, 0) is 63.6 Å². The third kappa shape index (κ3) is 5.00. The summed E-state index contributed by atoms with van der Waals surface area (Å²) in [5, 5.41) is 3.31. The van der Waals surface area contributed by atoms with Gasteiger partial charge in [0, 0.05) is 11.9 Å². The monoisotopic (exact) mass is 495 g/mol. The molecule has 1 N–H and O–H groups in total. The fourth-order valence-electron chi connectivity index (χ4n) is 4.12. The van der Waals surface area contributed by atoms with E-state index in [4.69, 9.17) is 14.2 Å². The third-order valence-electron chi connectivity index (χ3n) is 5.56. The first kappa shape index (κ1) is 24.7. The van der Waals surface area contributed by atoms with Crippen LogP contribution in [-0.2, 0) is 14.3 Å². The molecule has 35 heavy (non-hydrogen) atoms. The van der Waals surface area contributed by atoms with Crippen molar-refractivity contribution in [3.63, 3.8) is 0 Å². The number of ether oxygens (including phenoxy) is 3. The number of carbonyl (C=O) groups excluding carboxylic acids is 2. The van der Waals surface area contributed by atoms with E-state index in [-0.39, 0.29) is 18.6 Å². The molecule has 0 spiro atoms. The molecule has 1 aromatic carbocycles. The molecule has 0 aliphatic carbocycles. The predicted octanol–water partition coefficient (Wildman–Crippen LogP) is 4.26. The topological polar surface area (TPSA) is 90.0 Å².